The molecule has 1 unspecified atom stereocenters. The molecule has 0 spiro atoms. The van der Waals surface area contributed by atoms with E-state index in [9.17, 15) is 9.59 Å². The van der Waals surface area contributed by atoms with Crippen molar-refractivity contribution in [3.05, 3.63) is 31.3 Å². The molecule has 27 heavy (non-hydrogen) atoms. The average Bonchev–Trinajstić information content (AvgIpc) is 2.98. The Labute approximate surface area is 162 Å². The van der Waals surface area contributed by atoms with Gasteiger partial charge in [-0.3, -0.25) is 13.9 Å². The van der Waals surface area contributed by atoms with Crippen LogP contribution in [0.5, 0.6) is 0 Å². The van der Waals surface area contributed by atoms with Gasteiger partial charge in [-0.05, 0) is 26.3 Å². The van der Waals surface area contributed by atoms with Crippen LogP contribution >= 0.6 is 11.3 Å². The van der Waals surface area contributed by atoms with Crippen molar-refractivity contribution in [2.24, 2.45) is 0 Å². The van der Waals surface area contributed by atoms with Gasteiger partial charge >= 0.3 is 5.69 Å². The molecule has 0 aromatic carbocycles. The number of aromatic nitrogens is 2. The lowest BCUT2D eigenvalue weighted by Crippen LogP contribution is -2.40. The summed E-state index contributed by atoms with van der Waals surface area (Å²) in [4.78, 5) is 27.3. The quantitative estimate of drug-likeness (QED) is 0.606. The van der Waals surface area contributed by atoms with Gasteiger partial charge in [0.2, 0.25) is 0 Å². The van der Waals surface area contributed by atoms with Crippen LogP contribution in [0.15, 0.2) is 9.59 Å². The molecule has 2 aromatic rings. The third-order valence-corrected chi connectivity index (χ3v) is 6.00. The summed E-state index contributed by atoms with van der Waals surface area (Å²) in [6.07, 6.45) is -0.364. The number of aryl methyl sites for hydroxylation is 1. The molecule has 0 fully saturated rings. The zero-order valence-electron chi connectivity index (χ0n) is 16.8. The van der Waals surface area contributed by atoms with Crippen molar-refractivity contribution in [3.8, 4) is 0 Å². The molecule has 2 rings (SSSR count). The number of hydrogen-bond donors (Lipinski definition) is 1. The van der Waals surface area contributed by atoms with E-state index in [0.717, 1.165) is 10.4 Å². The van der Waals surface area contributed by atoms with Crippen molar-refractivity contribution >= 4 is 21.6 Å². The van der Waals surface area contributed by atoms with Crippen LogP contribution in [-0.4, -0.2) is 49.4 Å². The van der Waals surface area contributed by atoms with Crippen LogP contribution in [-0.2, 0) is 33.8 Å². The molecular formula is C18H29N3O5S. The summed E-state index contributed by atoms with van der Waals surface area (Å²) in [5.41, 5.74) is 0.380. The van der Waals surface area contributed by atoms with E-state index < -0.39 is 0 Å². The number of hydrogen-bond acceptors (Lipinski definition) is 7. The molecule has 2 aromatic heterocycles. The summed E-state index contributed by atoms with van der Waals surface area (Å²) in [6, 6.07) is -0.0346. The number of nitrogens with one attached hydrogen (secondary N) is 1. The van der Waals surface area contributed by atoms with E-state index >= 15 is 0 Å². The van der Waals surface area contributed by atoms with E-state index in [1.165, 1.54) is 15.9 Å². The monoisotopic (exact) mass is 399 g/mol. The molecule has 0 saturated heterocycles. The van der Waals surface area contributed by atoms with Crippen LogP contribution in [0.3, 0.4) is 0 Å². The fourth-order valence-electron chi connectivity index (χ4n) is 3.12. The highest BCUT2D eigenvalue weighted by molar-refractivity contribution is 7.18. The molecule has 152 valence electrons. The number of fused-ring (bicyclic) bond motifs is 1. The Morgan fingerprint density at radius 2 is 1.81 bits per heavy atom. The van der Waals surface area contributed by atoms with Crippen LogP contribution in [0.4, 0.5) is 0 Å². The second-order valence-corrected chi connectivity index (χ2v) is 7.40. The molecular weight excluding hydrogens is 370 g/mol. The summed E-state index contributed by atoms with van der Waals surface area (Å²) in [7, 11) is 4.79. The molecule has 0 aliphatic rings. The first kappa shape index (κ1) is 21.8. The van der Waals surface area contributed by atoms with E-state index in [2.05, 4.69) is 5.32 Å². The molecule has 9 heteroatoms. The minimum Gasteiger partial charge on any atom is -0.383 e. The maximum absolute atomic E-state index is 12.8. The predicted octanol–water partition coefficient (Wildman–Crippen LogP) is 1.30. The smallest absolute Gasteiger partial charge is 0.332 e. The molecule has 0 saturated carbocycles. The molecule has 0 aliphatic heterocycles. The molecule has 1 N–H and O–H groups in total. The Balaban J connectivity index is 2.49. The van der Waals surface area contributed by atoms with Crippen molar-refractivity contribution in [3.63, 3.8) is 0 Å². The Morgan fingerprint density at radius 1 is 1.15 bits per heavy atom. The highest BCUT2D eigenvalue weighted by Crippen LogP contribution is 2.28. The predicted molar refractivity (Wildman–Crippen MR) is 107 cm³/mol. The van der Waals surface area contributed by atoms with Crippen LogP contribution < -0.4 is 16.6 Å². The minimum atomic E-state index is -0.364. The van der Waals surface area contributed by atoms with Crippen molar-refractivity contribution in [2.45, 2.75) is 52.7 Å². The summed E-state index contributed by atoms with van der Waals surface area (Å²) in [5, 5.41) is 3.98. The van der Waals surface area contributed by atoms with Crippen LogP contribution in [0.1, 0.15) is 24.3 Å². The zero-order chi connectivity index (χ0) is 20.1. The van der Waals surface area contributed by atoms with Gasteiger partial charge in [0.05, 0.1) is 24.6 Å². The average molecular weight is 400 g/mol. The normalized spacial score (nSPS) is 13.0. The number of rotatable bonds is 10. The number of ether oxygens (including phenoxy) is 3. The van der Waals surface area contributed by atoms with Crippen molar-refractivity contribution in [1.82, 2.24) is 14.5 Å². The second kappa shape index (κ2) is 9.61. The Kier molecular flexibility index (Phi) is 7.75. The lowest BCUT2D eigenvalue weighted by atomic mass is 10.2. The fraction of sp³-hybridized carbons (Fsp3) is 0.667. The van der Waals surface area contributed by atoms with E-state index in [1.54, 1.807) is 32.8 Å². The molecule has 0 amide bonds. The SMILES string of the molecule is CCn1c(=O)c2c(C)c(CNC(C)C(OC)OC)sc2n(CCOC)c1=O. The Morgan fingerprint density at radius 3 is 2.37 bits per heavy atom. The van der Waals surface area contributed by atoms with Gasteiger partial charge in [0.1, 0.15) is 4.83 Å². The molecule has 0 radical (unpaired) electrons. The molecule has 8 nitrogen and oxygen atoms in total. The van der Waals surface area contributed by atoms with E-state index in [4.69, 9.17) is 14.2 Å². The van der Waals surface area contributed by atoms with Gasteiger partial charge in [-0.25, -0.2) is 4.79 Å². The molecule has 2 heterocycles. The van der Waals surface area contributed by atoms with Crippen molar-refractivity contribution in [2.75, 3.05) is 27.9 Å². The molecule has 1 atom stereocenters. The molecule has 0 bridgehead atoms. The van der Waals surface area contributed by atoms with Gasteiger partial charge in [0.25, 0.3) is 5.56 Å². The van der Waals surface area contributed by atoms with Gasteiger partial charge < -0.3 is 19.5 Å². The number of nitrogens with zero attached hydrogens (tertiary/aromatic N) is 2. The first-order valence-corrected chi connectivity index (χ1v) is 9.76. The maximum atomic E-state index is 12.8. The third kappa shape index (κ3) is 4.33. The van der Waals surface area contributed by atoms with Crippen LogP contribution in [0.25, 0.3) is 10.2 Å². The largest absolute Gasteiger partial charge is 0.383 e. The van der Waals surface area contributed by atoms with Gasteiger partial charge in [-0.1, -0.05) is 0 Å². The van der Waals surface area contributed by atoms with Crippen molar-refractivity contribution in [1.29, 1.82) is 0 Å². The first-order chi connectivity index (χ1) is 12.9. The van der Waals surface area contributed by atoms with E-state index in [0.29, 0.717) is 36.5 Å². The maximum Gasteiger partial charge on any atom is 0.332 e. The Hall–Kier alpha value is -1.52. The van der Waals surface area contributed by atoms with Gasteiger partial charge in [0.15, 0.2) is 6.29 Å². The first-order valence-electron chi connectivity index (χ1n) is 8.94. The third-order valence-electron chi connectivity index (χ3n) is 4.69. The summed E-state index contributed by atoms with van der Waals surface area (Å²) in [6.45, 7) is 7.41. The highest BCUT2D eigenvalue weighted by atomic mass is 32.1. The standard InChI is InChI=1S/C18H29N3O5S/c1-7-20-15(22)14-11(2)13(10-19-12(3)17(25-5)26-6)27-16(14)21(18(20)23)8-9-24-4/h12,17,19H,7-10H2,1-6H3. The Bertz CT molecular complexity index is 882. The second-order valence-electron chi connectivity index (χ2n) is 6.32. The summed E-state index contributed by atoms with van der Waals surface area (Å²) >= 11 is 1.47. The van der Waals surface area contributed by atoms with E-state index in [1.807, 2.05) is 13.8 Å². The van der Waals surface area contributed by atoms with Crippen molar-refractivity contribution < 1.29 is 14.2 Å². The topological polar surface area (TPSA) is 83.7 Å². The minimum absolute atomic E-state index is 0.0346. The fourth-order valence-corrected chi connectivity index (χ4v) is 4.39. The molecule has 0 aliphatic carbocycles. The lowest BCUT2D eigenvalue weighted by molar-refractivity contribution is -0.119. The van der Waals surface area contributed by atoms with Crippen LogP contribution in [0.2, 0.25) is 0 Å². The number of thiophene rings is 1. The summed E-state index contributed by atoms with van der Waals surface area (Å²) in [5.74, 6) is 0. The van der Waals surface area contributed by atoms with Crippen LogP contribution in [0, 0.1) is 6.92 Å². The van der Waals surface area contributed by atoms with Gasteiger partial charge in [-0.2, -0.15) is 0 Å². The van der Waals surface area contributed by atoms with Gasteiger partial charge in [-0.15, -0.1) is 11.3 Å². The van der Waals surface area contributed by atoms with Gasteiger partial charge in [0, 0.05) is 39.3 Å². The highest BCUT2D eigenvalue weighted by Gasteiger charge is 2.21. The summed E-state index contributed by atoms with van der Waals surface area (Å²) < 4.78 is 18.6. The zero-order valence-corrected chi connectivity index (χ0v) is 17.6. The lowest BCUT2D eigenvalue weighted by Gasteiger charge is -2.22. The van der Waals surface area contributed by atoms with E-state index in [-0.39, 0.29) is 23.6 Å². The number of methoxy groups -OCH3 is 3.